The van der Waals surface area contributed by atoms with Crippen molar-refractivity contribution in [1.82, 2.24) is 0 Å². The summed E-state index contributed by atoms with van der Waals surface area (Å²) >= 11 is 0. The molecule has 0 aliphatic carbocycles. The smallest absolute Gasteiger partial charge is 0.307 e. The molecule has 0 saturated carbocycles. The maximum absolute atomic E-state index is 10.9. The molecule has 1 N–H and O–H groups in total. The number of carboxylic acid groups (broad SMARTS) is 1. The number of rotatable bonds is 6. The standard InChI is InChI=1S/C17H18O5/c1-20-12-5-7-16(22-3)14(10-12)13-8-11(9-17(18)19)4-6-15(13)21-2/h4-8,10H,9H2,1-3H3,(H,18,19). The van der Waals surface area contributed by atoms with Crippen molar-refractivity contribution < 1.29 is 24.1 Å². The summed E-state index contributed by atoms with van der Waals surface area (Å²) in [6, 6.07) is 10.7. The van der Waals surface area contributed by atoms with Crippen LogP contribution in [0.2, 0.25) is 0 Å². The van der Waals surface area contributed by atoms with E-state index in [1.165, 1.54) is 0 Å². The van der Waals surface area contributed by atoms with Gasteiger partial charge in [0.1, 0.15) is 17.2 Å². The molecule has 22 heavy (non-hydrogen) atoms. The van der Waals surface area contributed by atoms with Crippen LogP contribution in [0.5, 0.6) is 17.2 Å². The van der Waals surface area contributed by atoms with E-state index >= 15 is 0 Å². The number of carbonyl (C=O) groups is 1. The highest BCUT2D eigenvalue weighted by Crippen LogP contribution is 2.39. The van der Waals surface area contributed by atoms with Gasteiger partial charge in [0.2, 0.25) is 0 Å². The van der Waals surface area contributed by atoms with E-state index in [1.807, 2.05) is 6.07 Å². The molecule has 0 bridgehead atoms. The first-order valence-corrected chi connectivity index (χ1v) is 6.70. The lowest BCUT2D eigenvalue weighted by molar-refractivity contribution is -0.136. The SMILES string of the molecule is COc1ccc(OC)c(-c2cc(CC(=O)O)ccc2OC)c1. The van der Waals surface area contributed by atoms with E-state index in [0.29, 0.717) is 22.8 Å². The van der Waals surface area contributed by atoms with Crippen LogP contribution in [0, 0.1) is 0 Å². The average Bonchev–Trinajstić information content (AvgIpc) is 2.53. The van der Waals surface area contributed by atoms with Gasteiger partial charge in [-0.2, -0.15) is 0 Å². The molecular weight excluding hydrogens is 284 g/mol. The molecular formula is C17H18O5. The zero-order valence-electron chi connectivity index (χ0n) is 12.8. The Bertz CT molecular complexity index is 679. The van der Waals surface area contributed by atoms with E-state index < -0.39 is 5.97 Å². The quantitative estimate of drug-likeness (QED) is 0.888. The third kappa shape index (κ3) is 3.31. The van der Waals surface area contributed by atoms with Crippen molar-refractivity contribution in [2.75, 3.05) is 21.3 Å². The fourth-order valence-corrected chi connectivity index (χ4v) is 2.27. The summed E-state index contributed by atoms with van der Waals surface area (Å²) in [5.74, 6) is 1.10. The minimum Gasteiger partial charge on any atom is -0.497 e. The molecule has 0 atom stereocenters. The van der Waals surface area contributed by atoms with E-state index in [0.717, 1.165) is 11.1 Å². The van der Waals surface area contributed by atoms with Crippen LogP contribution in [0.1, 0.15) is 5.56 Å². The van der Waals surface area contributed by atoms with E-state index in [1.54, 1.807) is 51.7 Å². The molecule has 2 rings (SSSR count). The minimum absolute atomic E-state index is 0.0523. The van der Waals surface area contributed by atoms with Gasteiger partial charge >= 0.3 is 5.97 Å². The third-order valence-electron chi connectivity index (χ3n) is 3.32. The molecule has 0 aromatic heterocycles. The van der Waals surface area contributed by atoms with Gasteiger partial charge in [-0.15, -0.1) is 0 Å². The predicted molar refractivity (Wildman–Crippen MR) is 82.9 cm³/mol. The number of benzene rings is 2. The molecule has 0 heterocycles. The summed E-state index contributed by atoms with van der Waals surface area (Å²) in [5.41, 5.74) is 2.23. The Morgan fingerprint density at radius 3 is 2.05 bits per heavy atom. The monoisotopic (exact) mass is 302 g/mol. The maximum Gasteiger partial charge on any atom is 0.307 e. The average molecular weight is 302 g/mol. The lowest BCUT2D eigenvalue weighted by atomic mass is 9.99. The summed E-state index contributed by atoms with van der Waals surface area (Å²) in [4.78, 5) is 10.9. The Balaban J connectivity index is 2.60. The molecule has 0 radical (unpaired) electrons. The van der Waals surface area contributed by atoms with Crippen LogP contribution in [0.25, 0.3) is 11.1 Å². The zero-order chi connectivity index (χ0) is 16.1. The summed E-state index contributed by atoms with van der Waals surface area (Å²) in [6.45, 7) is 0. The van der Waals surface area contributed by atoms with Gasteiger partial charge in [0.25, 0.3) is 0 Å². The second-order valence-corrected chi connectivity index (χ2v) is 4.67. The first-order valence-electron chi connectivity index (χ1n) is 6.70. The Hall–Kier alpha value is -2.69. The number of methoxy groups -OCH3 is 3. The molecule has 0 fully saturated rings. The van der Waals surface area contributed by atoms with Gasteiger partial charge in [-0.3, -0.25) is 4.79 Å². The Morgan fingerprint density at radius 1 is 0.909 bits per heavy atom. The van der Waals surface area contributed by atoms with E-state index in [2.05, 4.69) is 0 Å². The molecule has 5 nitrogen and oxygen atoms in total. The third-order valence-corrected chi connectivity index (χ3v) is 3.32. The van der Waals surface area contributed by atoms with Crippen LogP contribution in [0.3, 0.4) is 0 Å². The van der Waals surface area contributed by atoms with Gasteiger partial charge in [-0.05, 0) is 35.9 Å². The van der Waals surface area contributed by atoms with Gasteiger partial charge < -0.3 is 19.3 Å². The summed E-state index contributed by atoms with van der Waals surface area (Å²) in [7, 11) is 4.74. The van der Waals surface area contributed by atoms with Crippen molar-refractivity contribution >= 4 is 5.97 Å². The Morgan fingerprint density at radius 2 is 1.50 bits per heavy atom. The Labute approximate surface area is 129 Å². The van der Waals surface area contributed by atoms with Crippen LogP contribution in [-0.2, 0) is 11.2 Å². The Kier molecular flexibility index (Phi) is 4.88. The van der Waals surface area contributed by atoms with Crippen LogP contribution in [0.4, 0.5) is 0 Å². The fraction of sp³-hybridized carbons (Fsp3) is 0.235. The predicted octanol–water partition coefficient (Wildman–Crippen LogP) is 3.01. The summed E-state index contributed by atoms with van der Waals surface area (Å²) in [5, 5.41) is 8.96. The normalized spacial score (nSPS) is 10.1. The number of carboxylic acids is 1. The molecule has 5 heteroatoms. The second-order valence-electron chi connectivity index (χ2n) is 4.67. The van der Waals surface area contributed by atoms with Crippen molar-refractivity contribution in [2.24, 2.45) is 0 Å². The van der Waals surface area contributed by atoms with Gasteiger partial charge in [-0.1, -0.05) is 6.07 Å². The van der Waals surface area contributed by atoms with Crippen LogP contribution in [0.15, 0.2) is 36.4 Å². The van der Waals surface area contributed by atoms with Crippen molar-refractivity contribution in [2.45, 2.75) is 6.42 Å². The van der Waals surface area contributed by atoms with E-state index in [9.17, 15) is 4.79 Å². The fourth-order valence-electron chi connectivity index (χ4n) is 2.27. The van der Waals surface area contributed by atoms with Gasteiger partial charge in [-0.25, -0.2) is 0 Å². The zero-order valence-corrected chi connectivity index (χ0v) is 12.8. The highest BCUT2D eigenvalue weighted by Gasteiger charge is 2.14. The van der Waals surface area contributed by atoms with Crippen LogP contribution < -0.4 is 14.2 Å². The van der Waals surface area contributed by atoms with E-state index in [-0.39, 0.29) is 6.42 Å². The lowest BCUT2D eigenvalue weighted by Gasteiger charge is -2.14. The molecule has 0 unspecified atom stereocenters. The maximum atomic E-state index is 10.9. The van der Waals surface area contributed by atoms with Gasteiger partial charge in [0.05, 0.1) is 27.8 Å². The number of hydrogen-bond acceptors (Lipinski definition) is 4. The highest BCUT2D eigenvalue weighted by atomic mass is 16.5. The number of aliphatic carboxylic acids is 1. The van der Waals surface area contributed by atoms with Gasteiger partial charge in [0, 0.05) is 11.1 Å². The second kappa shape index (κ2) is 6.85. The minimum atomic E-state index is -0.881. The van der Waals surface area contributed by atoms with Crippen molar-refractivity contribution in [3.05, 3.63) is 42.0 Å². The topological polar surface area (TPSA) is 65.0 Å². The van der Waals surface area contributed by atoms with Crippen LogP contribution in [-0.4, -0.2) is 32.4 Å². The molecule has 0 amide bonds. The summed E-state index contributed by atoms with van der Waals surface area (Å²) < 4.78 is 16.0. The van der Waals surface area contributed by atoms with Crippen molar-refractivity contribution in [3.8, 4) is 28.4 Å². The summed E-state index contributed by atoms with van der Waals surface area (Å²) in [6.07, 6.45) is -0.0523. The molecule has 2 aromatic carbocycles. The van der Waals surface area contributed by atoms with E-state index in [4.69, 9.17) is 19.3 Å². The van der Waals surface area contributed by atoms with Crippen molar-refractivity contribution in [3.63, 3.8) is 0 Å². The molecule has 2 aromatic rings. The molecule has 0 saturated heterocycles. The largest absolute Gasteiger partial charge is 0.497 e. The molecule has 0 aliphatic heterocycles. The van der Waals surface area contributed by atoms with Crippen molar-refractivity contribution in [1.29, 1.82) is 0 Å². The first-order chi connectivity index (χ1) is 10.6. The molecule has 116 valence electrons. The number of ether oxygens (including phenoxy) is 3. The van der Waals surface area contributed by atoms with Gasteiger partial charge in [0.15, 0.2) is 0 Å². The van der Waals surface area contributed by atoms with Crippen LogP contribution >= 0.6 is 0 Å². The highest BCUT2D eigenvalue weighted by molar-refractivity contribution is 5.79. The lowest BCUT2D eigenvalue weighted by Crippen LogP contribution is -2.01. The number of hydrogen-bond donors (Lipinski definition) is 1. The first kappa shape index (κ1) is 15.7. The molecule has 0 spiro atoms. The molecule has 0 aliphatic rings.